The standard InChI is InChI=1S/C12H9Cl2F3N4O2/c1-20-8(3-18-11(20)14)9(22)19-6-2-7(13)10(23)21(4-6)5-12(15,16)17/h2-4H,5H2,1H3,(H,19,22). The number of pyridine rings is 1. The minimum Gasteiger partial charge on any atom is -0.319 e. The molecule has 0 atom stereocenters. The van der Waals surface area contributed by atoms with Crippen LogP contribution in [0.15, 0.2) is 23.3 Å². The van der Waals surface area contributed by atoms with Crippen LogP contribution in [0.25, 0.3) is 0 Å². The number of nitrogens with one attached hydrogen (secondary N) is 1. The second-order valence-electron chi connectivity index (χ2n) is 4.55. The van der Waals surface area contributed by atoms with Crippen molar-refractivity contribution in [2.75, 3.05) is 5.32 Å². The Balaban J connectivity index is 2.32. The quantitative estimate of drug-likeness (QED) is 0.905. The van der Waals surface area contributed by atoms with Crippen LogP contribution in [-0.2, 0) is 13.6 Å². The van der Waals surface area contributed by atoms with Gasteiger partial charge in [0.15, 0.2) is 0 Å². The summed E-state index contributed by atoms with van der Waals surface area (Å²) < 4.78 is 39.0. The summed E-state index contributed by atoms with van der Waals surface area (Å²) in [5.74, 6) is -0.667. The third kappa shape index (κ3) is 4.05. The molecular weight excluding hydrogens is 360 g/mol. The molecule has 1 amide bonds. The lowest BCUT2D eigenvalue weighted by Gasteiger charge is -2.12. The van der Waals surface area contributed by atoms with Gasteiger partial charge in [-0.15, -0.1) is 0 Å². The predicted molar refractivity (Wildman–Crippen MR) is 77.9 cm³/mol. The average Bonchev–Trinajstić information content (AvgIpc) is 2.74. The topological polar surface area (TPSA) is 68.9 Å². The first-order valence-electron chi connectivity index (χ1n) is 6.04. The first-order valence-corrected chi connectivity index (χ1v) is 6.79. The smallest absolute Gasteiger partial charge is 0.319 e. The van der Waals surface area contributed by atoms with E-state index in [1.54, 1.807) is 0 Å². The summed E-state index contributed by atoms with van der Waals surface area (Å²) in [6.07, 6.45) is -2.55. The third-order valence-corrected chi connectivity index (χ3v) is 3.44. The Labute approximate surface area is 137 Å². The van der Waals surface area contributed by atoms with E-state index < -0.39 is 29.2 Å². The van der Waals surface area contributed by atoms with Gasteiger partial charge in [-0.25, -0.2) is 4.98 Å². The Hall–Kier alpha value is -2.00. The summed E-state index contributed by atoms with van der Waals surface area (Å²) in [6.45, 7) is -1.52. The maximum Gasteiger partial charge on any atom is 0.406 e. The zero-order valence-corrected chi connectivity index (χ0v) is 13.0. The van der Waals surface area contributed by atoms with E-state index in [0.29, 0.717) is 4.57 Å². The van der Waals surface area contributed by atoms with Crippen molar-refractivity contribution in [3.05, 3.63) is 44.8 Å². The Kier molecular flexibility index (Phi) is 4.71. The summed E-state index contributed by atoms with van der Waals surface area (Å²) in [7, 11) is 1.49. The van der Waals surface area contributed by atoms with E-state index in [4.69, 9.17) is 23.2 Å². The summed E-state index contributed by atoms with van der Waals surface area (Å²) in [5, 5.41) is 1.95. The average molecular weight is 369 g/mol. The molecule has 1 N–H and O–H groups in total. The number of anilines is 1. The molecule has 0 saturated carbocycles. The van der Waals surface area contributed by atoms with Gasteiger partial charge in [-0.1, -0.05) is 11.6 Å². The molecule has 2 rings (SSSR count). The van der Waals surface area contributed by atoms with Crippen LogP contribution in [0, 0.1) is 0 Å². The molecule has 0 saturated heterocycles. The number of carbonyl (C=O) groups is 1. The van der Waals surface area contributed by atoms with E-state index in [1.165, 1.54) is 17.8 Å². The Bertz CT molecular complexity index is 814. The van der Waals surface area contributed by atoms with E-state index in [0.717, 1.165) is 12.3 Å². The van der Waals surface area contributed by atoms with Crippen LogP contribution in [-0.4, -0.2) is 26.2 Å². The summed E-state index contributed by atoms with van der Waals surface area (Å²) >= 11 is 11.3. The molecule has 2 heterocycles. The number of alkyl halides is 3. The first kappa shape index (κ1) is 17.4. The fourth-order valence-electron chi connectivity index (χ4n) is 1.77. The number of rotatable bonds is 3. The van der Waals surface area contributed by atoms with Crippen LogP contribution in [0.1, 0.15) is 10.5 Å². The number of amides is 1. The Morgan fingerprint density at radius 1 is 1.39 bits per heavy atom. The van der Waals surface area contributed by atoms with Gasteiger partial charge in [-0.3, -0.25) is 9.59 Å². The van der Waals surface area contributed by atoms with Crippen molar-refractivity contribution in [1.29, 1.82) is 0 Å². The number of carbonyl (C=O) groups excluding carboxylic acids is 1. The highest BCUT2D eigenvalue weighted by atomic mass is 35.5. The third-order valence-electron chi connectivity index (χ3n) is 2.81. The molecular formula is C12H9Cl2F3N4O2. The minimum atomic E-state index is -4.61. The fraction of sp³-hybridized carbons (Fsp3) is 0.250. The lowest BCUT2D eigenvalue weighted by Crippen LogP contribution is -2.28. The van der Waals surface area contributed by atoms with Crippen molar-refractivity contribution in [2.45, 2.75) is 12.7 Å². The van der Waals surface area contributed by atoms with Crippen LogP contribution < -0.4 is 10.9 Å². The molecule has 0 spiro atoms. The van der Waals surface area contributed by atoms with Crippen molar-refractivity contribution < 1.29 is 18.0 Å². The van der Waals surface area contributed by atoms with Crippen LogP contribution in [0.4, 0.5) is 18.9 Å². The van der Waals surface area contributed by atoms with Gasteiger partial charge in [0.05, 0.1) is 11.9 Å². The molecule has 0 aromatic carbocycles. The monoisotopic (exact) mass is 368 g/mol. The van der Waals surface area contributed by atoms with E-state index in [1.807, 2.05) is 0 Å². The van der Waals surface area contributed by atoms with Crippen molar-refractivity contribution in [2.24, 2.45) is 7.05 Å². The SMILES string of the molecule is Cn1c(C(=O)Nc2cc(Cl)c(=O)n(CC(F)(F)F)c2)cnc1Cl. The molecule has 0 radical (unpaired) electrons. The van der Waals surface area contributed by atoms with E-state index >= 15 is 0 Å². The molecule has 23 heavy (non-hydrogen) atoms. The van der Waals surface area contributed by atoms with Crippen LogP contribution >= 0.6 is 23.2 Å². The largest absolute Gasteiger partial charge is 0.406 e. The maximum absolute atomic E-state index is 12.5. The molecule has 0 unspecified atom stereocenters. The molecule has 2 aromatic rings. The summed E-state index contributed by atoms with van der Waals surface area (Å²) in [5.41, 5.74) is -0.994. The molecule has 6 nitrogen and oxygen atoms in total. The van der Waals surface area contributed by atoms with Gasteiger partial charge in [-0.05, 0) is 17.7 Å². The van der Waals surface area contributed by atoms with E-state index in [9.17, 15) is 22.8 Å². The zero-order chi connectivity index (χ0) is 17.4. The second-order valence-corrected chi connectivity index (χ2v) is 5.30. The second kappa shape index (κ2) is 6.25. The molecule has 11 heteroatoms. The number of hydrogen-bond donors (Lipinski definition) is 1. The van der Waals surface area contributed by atoms with Crippen molar-refractivity contribution in [3.8, 4) is 0 Å². The van der Waals surface area contributed by atoms with Crippen LogP contribution in [0.2, 0.25) is 10.3 Å². The molecule has 2 aromatic heterocycles. The highest BCUT2D eigenvalue weighted by Crippen LogP contribution is 2.19. The lowest BCUT2D eigenvalue weighted by atomic mass is 10.3. The molecule has 0 aliphatic carbocycles. The van der Waals surface area contributed by atoms with E-state index in [-0.39, 0.29) is 16.7 Å². The number of halogens is 5. The Morgan fingerprint density at radius 3 is 2.57 bits per heavy atom. The number of nitrogens with zero attached hydrogens (tertiary/aromatic N) is 3. The van der Waals surface area contributed by atoms with Gasteiger partial charge in [0.1, 0.15) is 17.3 Å². The van der Waals surface area contributed by atoms with E-state index in [2.05, 4.69) is 10.3 Å². The number of imidazole rings is 1. The van der Waals surface area contributed by atoms with Gasteiger partial charge in [0, 0.05) is 13.2 Å². The molecule has 124 valence electrons. The van der Waals surface area contributed by atoms with Crippen molar-refractivity contribution in [3.63, 3.8) is 0 Å². The summed E-state index contributed by atoms with van der Waals surface area (Å²) in [4.78, 5) is 27.4. The number of hydrogen-bond acceptors (Lipinski definition) is 3. The first-order chi connectivity index (χ1) is 10.6. The Morgan fingerprint density at radius 2 is 2.04 bits per heavy atom. The van der Waals surface area contributed by atoms with Crippen molar-refractivity contribution in [1.82, 2.24) is 14.1 Å². The number of aromatic nitrogens is 3. The molecule has 0 bridgehead atoms. The lowest BCUT2D eigenvalue weighted by molar-refractivity contribution is -0.141. The predicted octanol–water partition coefficient (Wildman–Crippen LogP) is 2.70. The molecule has 0 fully saturated rings. The van der Waals surface area contributed by atoms with Gasteiger partial charge < -0.3 is 14.5 Å². The zero-order valence-electron chi connectivity index (χ0n) is 11.5. The van der Waals surface area contributed by atoms with Gasteiger partial charge in [-0.2, -0.15) is 13.2 Å². The summed E-state index contributed by atoms with van der Waals surface area (Å²) in [6, 6.07) is 1.06. The van der Waals surface area contributed by atoms with Crippen LogP contribution in [0.5, 0.6) is 0 Å². The maximum atomic E-state index is 12.5. The van der Waals surface area contributed by atoms with Gasteiger partial charge >= 0.3 is 6.18 Å². The minimum absolute atomic E-state index is 0.0650. The van der Waals surface area contributed by atoms with Crippen molar-refractivity contribution >= 4 is 34.8 Å². The normalized spacial score (nSPS) is 11.6. The van der Waals surface area contributed by atoms with Crippen LogP contribution in [0.3, 0.4) is 0 Å². The van der Waals surface area contributed by atoms with Gasteiger partial charge in [0.2, 0.25) is 5.28 Å². The fourth-order valence-corrected chi connectivity index (χ4v) is 2.14. The van der Waals surface area contributed by atoms with Gasteiger partial charge in [0.25, 0.3) is 11.5 Å². The molecule has 0 aliphatic rings. The highest BCUT2D eigenvalue weighted by molar-refractivity contribution is 6.30. The molecule has 0 aliphatic heterocycles. The highest BCUT2D eigenvalue weighted by Gasteiger charge is 2.29.